The molecule has 0 aliphatic carbocycles. The molecule has 3 rings (SSSR count). The molecule has 0 saturated heterocycles. The van der Waals surface area contributed by atoms with E-state index in [1.54, 1.807) is 37.3 Å². The summed E-state index contributed by atoms with van der Waals surface area (Å²) in [5, 5.41) is 3.63. The number of nitrogens with zero attached hydrogens (tertiary/aromatic N) is 2. The highest BCUT2D eigenvalue weighted by Gasteiger charge is 2.14. The van der Waals surface area contributed by atoms with E-state index in [9.17, 15) is 9.59 Å². The predicted molar refractivity (Wildman–Crippen MR) is 120 cm³/mol. The third-order valence-electron chi connectivity index (χ3n) is 3.99. The van der Waals surface area contributed by atoms with Crippen LogP contribution in [-0.4, -0.2) is 28.5 Å². The van der Waals surface area contributed by atoms with Gasteiger partial charge in [-0.05, 0) is 43.3 Å². The molecule has 5 N–H and O–H groups in total. The molecule has 3 aromatic rings. The molecule has 31 heavy (non-hydrogen) atoms. The molecule has 2 aromatic carbocycles. The molecule has 0 aliphatic rings. The fourth-order valence-corrected chi connectivity index (χ4v) is 3.02. The van der Waals surface area contributed by atoms with Gasteiger partial charge in [0.25, 0.3) is 5.91 Å². The number of anilines is 4. The van der Waals surface area contributed by atoms with Crippen molar-refractivity contribution in [3.63, 3.8) is 0 Å². The topological polar surface area (TPSA) is 131 Å². The number of esters is 1. The van der Waals surface area contributed by atoms with Gasteiger partial charge in [0.15, 0.2) is 11.6 Å². The van der Waals surface area contributed by atoms with Crippen molar-refractivity contribution in [2.75, 3.05) is 23.1 Å². The average Bonchev–Trinajstić information content (AvgIpc) is 2.74. The summed E-state index contributed by atoms with van der Waals surface area (Å²) < 4.78 is 5.00. The standard InChI is InChI=1S/C20H18Cl2N6O3/c1-2-31-20(30)11-4-3-5-13(8-11)26-17-16(23)18(25-10-24-17)27-28-19(29)14-7-6-12(21)9-15(14)22/h3-10H,2,23H2,1H3,(H,28,29)(H2,24,25,26,27). The number of rotatable bonds is 7. The summed E-state index contributed by atoms with van der Waals surface area (Å²) in [5.41, 5.74) is 12.5. The number of nitrogens with two attached hydrogens (primary N) is 1. The van der Waals surface area contributed by atoms with Gasteiger partial charge in [-0.15, -0.1) is 0 Å². The molecule has 0 bridgehead atoms. The van der Waals surface area contributed by atoms with Crippen molar-refractivity contribution < 1.29 is 14.3 Å². The summed E-state index contributed by atoms with van der Waals surface area (Å²) in [4.78, 5) is 32.4. The summed E-state index contributed by atoms with van der Waals surface area (Å²) in [5.74, 6) is -0.501. The van der Waals surface area contributed by atoms with Crippen LogP contribution in [-0.2, 0) is 4.74 Å². The minimum Gasteiger partial charge on any atom is -0.462 e. The SMILES string of the molecule is CCOC(=O)c1cccc(Nc2ncnc(NNC(=O)c3ccc(Cl)cc3Cl)c2N)c1. The van der Waals surface area contributed by atoms with Crippen molar-refractivity contribution in [1.29, 1.82) is 0 Å². The van der Waals surface area contributed by atoms with Crippen LogP contribution in [0.5, 0.6) is 0 Å². The van der Waals surface area contributed by atoms with Crippen molar-refractivity contribution in [3.05, 3.63) is 70.0 Å². The molecule has 0 unspecified atom stereocenters. The number of hydrogen-bond donors (Lipinski definition) is 4. The molecule has 1 amide bonds. The maximum Gasteiger partial charge on any atom is 0.338 e. The number of carbonyl (C=O) groups is 2. The van der Waals surface area contributed by atoms with Crippen molar-refractivity contribution in [3.8, 4) is 0 Å². The van der Waals surface area contributed by atoms with Crippen LogP contribution in [0.1, 0.15) is 27.6 Å². The van der Waals surface area contributed by atoms with Gasteiger partial charge in [-0.3, -0.25) is 15.6 Å². The molecule has 0 fully saturated rings. The van der Waals surface area contributed by atoms with Gasteiger partial charge in [-0.2, -0.15) is 0 Å². The van der Waals surface area contributed by atoms with Gasteiger partial charge in [0.05, 0.1) is 22.8 Å². The number of hydrazine groups is 1. The number of ether oxygens (including phenoxy) is 1. The first-order chi connectivity index (χ1) is 14.9. The highest BCUT2D eigenvalue weighted by Crippen LogP contribution is 2.26. The van der Waals surface area contributed by atoms with Crippen molar-refractivity contribution in [2.45, 2.75) is 6.92 Å². The van der Waals surface area contributed by atoms with Gasteiger partial charge in [0, 0.05) is 10.7 Å². The summed E-state index contributed by atoms with van der Waals surface area (Å²) in [6, 6.07) is 11.2. The number of nitrogen functional groups attached to an aromatic ring is 1. The number of aromatic nitrogens is 2. The van der Waals surface area contributed by atoms with Crippen LogP contribution >= 0.6 is 23.2 Å². The number of halogens is 2. The van der Waals surface area contributed by atoms with Crippen LogP contribution in [0, 0.1) is 0 Å². The molecule has 0 spiro atoms. The number of hydrogen-bond acceptors (Lipinski definition) is 8. The van der Waals surface area contributed by atoms with Gasteiger partial charge in [-0.25, -0.2) is 14.8 Å². The fraction of sp³-hybridized carbons (Fsp3) is 0.100. The quantitative estimate of drug-likeness (QED) is 0.306. The Hall–Kier alpha value is -3.56. The van der Waals surface area contributed by atoms with E-state index in [2.05, 4.69) is 26.1 Å². The van der Waals surface area contributed by atoms with Crippen LogP contribution in [0.2, 0.25) is 10.0 Å². The lowest BCUT2D eigenvalue weighted by atomic mass is 10.2. The molecular formula is C20H18Cl2N6O3. The minimum atomic E-state index is -0.503. The molecule has 11 heteroatoms. The maximum absolute atomic E-state index is 12.3. The fourth-order valence-electron chi connectivity index (χ4n) is 2.53. The van der Waals surface area contributed by atoms with Gasteiger partial charge in [0.2, 0.25) is 0 Å². The zero-order valence-corrected chi connectivity index (χ0v) is 17.8. The molecule has 0 atom stereocenters. The first-order valence-electron chi connectivity index (χ1n) is 9.05. The summed E-state index contributed by atoms with van der Waals surface area (Å²) in [6.45, 7) is 2.01. The lowest BCUT2D eigenvalue weighted by Gasteiger charge is -2.14. The van der Waals surface area contributed by atoms with E-state index in [0.29, 0.717) is 16.3 Å². The van der Waals surface area contributed by atoms with E-state index in [0.717, 1.165) is 0 Å². The zero-order chi connectivity index (χ0) is 22.4. The summed E-state index contributed by atoms with van der Waals surface area (Å²) >= 11 is 11.9. The molecule has 0 radical (unpaired) electrons. The molecule has 1 aromatic heterocycles. The molecule has 1 heterocycles. The van der Waals surface area contributed by atoms with Crippen LogP contribution in [0.25, 0.3) is 0 Å². The Balaban J connectivity index is 1.72. The number of nitrogens with one attached hydrogen (secondary N) is 3. The second-order valence-electron chi connectivity index (χ2n) is 6.11. The van der Waals surface area contributed by atoms with Gasteiger partial charge in [-0.1, -0.05) is 29.3 Å². The highest BCUT2D eigenvalue weighted by atomic mass is 35.5. The number of benzene rings is 2. The van der Waals surface area contributed by atoms with Crippen LogP contribution in [0.3, 0.4) is 0 Å². The Kier molecular flexibility index (Phi) is 7.11. The van der Waals surface area contributed by atoms with Crippen LogP contribution in [0.15, 0.2) is 48.8 Å². The molecule has 160 valence electrons. The summed E-state index contributed by atoms with van der Waals surface area (Å²) in [6.07, 6.45) is 1.26. The van der Waals surface area contributed by atoms with Crippen molar-refractivity contribution in [2.24, 2.45) is 0 Å². The maximum atomic E-state index is 12.3. The largest absolute Gasteiger partial charge is 0.462 e. The molecular weight excluding hydrogens is 443 g/mol. The third kappa shape index (κ3) is 5.53. The van der Waals surface area contributed by atoms with E-state index in [1.165, 1.54) is 18.5 Å². The molecule has 9 nitrogen and oxygen atoms in total. The van der Waals surface area contributed by atoms with Crippen molar-refractivity contribution in [1.82, 2.24) is 15.4 Å². The number of amides is 1. The van der Waals surface area contributed by atoms with Crippen molar-refractivity contribution >= 4 is 58.1 Å². The third-order valence-corrected chi connectivity index (χ3v) is 4.54. The summed E-state index contributed by atoms with van der Waals surface area (Å²) in [7, 11) is 0. The minimum absolute atomic E-state index is 0.145. The molecule has 0 saturated carbocycles. The van der Waals surface area contributed by atoms with Gasteiger partial charge in [0.1, 0.15) is 12.0 Å². The Labute approximate surface area is 187 Å². The van der Waals surface area contributed by atoms with Gasteiger partial charge < -0.3 is 15.8 Å². The van der Waals surface area contributed by atoms with E-state index >= 15 is 0 Å². The van der Waals surface area contributed by atoms with Crippen LogP contribution < -0.4 is 21.9 Å². The Bertz CT molecular complexity index is 1130. The zero-order valence-electron chi connectivity index (χ0n) is 16.3. The predicted octanol–water partition coefficient (Wildman–Crippen LogP) is 4.04. The first-order valence-corrected chi connectivity index (χ1v) is 9.80. The van der Waals surface area contributed by atoms with Crippen LogP contribution in [0.4, 0.5) is 23.0 Å². The van der Waals surface area contributed by atoms with E-state index in [4.69, 9.17) is 33.7 Å². The van der Waals surface area contributed by atoms with E-state index in [-0.39, 0.29) is 34.5 Å². The Morgan fingerprint density at radius 3 is 2.61 bits per heavy atom. The molecule has 0 aliphatic heterocycles. The number of carbonyl (C=O) groups excluding carboxylic acids is 2. The average molecular weight is 461 g/mol. The highest BCUT2D eigenvalue weighted by molar-refractivity contribution is 6.36. The smallest absolute Gasteiger partial charge is 0.338 e. The second-order valence-corrected chi connectivity index (χ2v) is 6.96. The Morgan fingerprint density at radius 1 is 1.10 bits per heavy atom. The Morgan fingerprint density at radius 2 is 1.87 bits per heavy atom. The van der Waals surface area contributed by atoms with E-state index in [1.807, 2.05) is 0 Å². The normalized spacial score (nSPS) is 10.3. The van der Waals surface area contributed by atoms with Gasteiger partial charge >= 0.3 is 5.97 Å². The lowest BCUT2D eigenvalue weighted by Crippen LogP contribution is -2.30. The first kappa shape index (κ1) is 22.1. The second kappa shape index (κ2) is 9.96. The monoisotopic (exact) mass is 460 g/mol. The lowest BCUT2D eigenvalue weighted by molar-refractivity contribution is 0.0526. The van der Waals surface area contributed by atoms with E-state index < -0.39 is 11.9 Å².